The highest BCUT2D eigenvalue weighted by molar-refractivity contribution is 5.99. The minimum absolute atomic E-state index is 0.301. The molecule has 3 heterocycles. The molecule has 39 heavy (non-hydrogen) atoms. The van der Waals surface area contributed by atoms with E-state index in [9.17, 15) is 4.39 Å². The van der Waals surface area contributed by atoms with Gasteiger partial charge in [0.05, 0.1) is 17.6 Å². The van der Waals surface area contributed by atoms with E-state index >= 15 is 0 Å². The molecule has 0 spiro atoms. The molecule has 3 aromatic carbocycles. The van der Waals surface area contributed by atoms with Gasteiger partial charge in [0.15, 0.2) is 5.65 Å². The molecule has 1 aliphatic heterocycles. The molecule has 9 heteroatoms. The molecular weight excluding hydrogens is 493 g/mol. The van der Waals surface area contributed by atoms with Crippen LogP contribution in [0.5, 0.6) is 5.75 Å². The Labute approximate surface area is 226 Å². The molecule has 1 saturated heterocycles. The molecule has 1 fully saturated rings. The molecule has 5 aromatic rings. The molecule has 0 atom stereocenters. The van der Waals surface area contributed by atoms with Gasteiger partial charge in [-0.2, -0.15) is 4.98 Å². The first kappa shape index (κ1) is 24.8. The van der Waals surface area contributed by atoms with Crippen LogP contribution in [0.15, 0.2) is 84.9 Å². The standard InChI is InChI=1S/C30H30FN7O/c31-24-13-11-23(12-14-24)27-26-28(32)38(21-22-7-3-1-4-8-22)35-29(26)34-30(33-27)37-17-15-36(16-18-37)19-20-39-25-9-5-2-6-10-25/h1-14H,15-21,32H2. The number of hydrogen-bond donors (Lipinski definition) is 1. The molecule has 0 bridgehead atoms. The Bertz CT molecular complexity index is 1530. The van der Waals surface area contributed by atoms with Crippen LogP contribution in [0, 0.1) is 5.82 Å². The van der Waals surface area contributed by atoms with E-state index in [4.69, 9.17) is 25.5 Å². The fourth-order valence-corrected chi connectivity index (χ4v) is 4.86. The number of hydrogen-bond acceptors (Lipinski definition) is 7. The lowest BCUT2D eigenvalue weighted by molar-refractivity contribution is 0.200. The molecule has 0 saturated carbocycles. The van der Waals surface area contributed by atoms with E-state index in [-0.39, 0.29) is 5.82 Å². The third kappa shape index (κ3) is 5.53. The van der Waals surface area contributed by atoms with Crippen LogP contribution >= 0.6 is 0 Å². The molecule has 6 rings (SSSR count). The Morgan fingerprint density at radius 3 is 2.23 bits per heavy atom. The van der Waals surface area contributed by atoms with Crippen molar-refractivity contribution in [2.45, 2.75) is 6.54 Å². The van der Waals surface area contributed by atoms with Crippen molar-refractivity contribution in [1.82, 2.24) is 24.6 Å². The van der Waals surface area contributed by atoms with Crippen molar-refractivity contribution in [3.05, 3.63) is 96.3 Å². The number of aromatic nitrogens is 4. The quantitative estimate of drug-likeness (QED) is 0.321. The SMILES string of the molecule is Nc1c2c(-c3ccc(F)cc3)nc(N3CCN(CCOc4ccccc4)CC3)nc2nn1Cc1ccccc1. The van der Waals surface area contributed by atoms with Crippen molar-refractivity contribution < 1.29 is 9.13 Å². The second-order valence-electron chi connectivity index (χ2n) is 9.60. The van der Waals surface area contributed by atoms with Crippen LogP contribution < -0.4 is 15.4 Å². The topological polar surface area (TPSA) is 85.3 Å². The Morgan fingerprint density at radius 1 is 0.821 bits per heavy atom. The van der Waals surface area contributed by atoms with Crippen LogP contribution in [0.2, 0.25) is 0 Å². The van der Waals surface area contributed by atoms with Crippen LogP contribution in [-0.4, -0.2) is 64.0 Å². The zero-order valence-electron chi connectivity index (χ0n) is 21.6. The lowest BCUT2D eigenvalue weighted by Crippen LogP contribution is -2.48. The van der Waals surface area contributed by atoms with Crippen LogP contribution in [0.4, 0.5) is 16.2 Å². The first-order valence-electron chi connectivity index (χ1n) is 13.1. The fourth-order valence-electron chi connectivity index (χ4n) is 4.86. The monoisotopic (exact) mass is 523 g/mol. The van der Waals surface area contributed by atoms with E-state index in [0.717, 1.165) is 49.6 Å². The largest absolute Gasteiger partial charge is 0.492 e. The average Bonchev–Trinajstić information content (AvgIpc) is 3.29. The maximum Gasteiger partial charge on any atom is 0.228 e. The number of rotatable bonds is 8. The van der Waals surface area contributed by atoms with Crippen LogP contribution in [0.3, 0.4) is 0 Å². The summed E-state index contributed by atoms with van der Waals surface area (Å²) < 4.78 is 21.4. The molecule has 198 valence electrons. The van der Waals surface area contributed by atoms with Gasteiger partial charge in [0, 0.05) is 38.3 Å². The number of piperazine rings is 1. The van der Waals surface area contributed by atoms with E-state index in [1.54, 1.807) is 16.8 Å². The van der Waals surface area contributed by atoms with Crippen molar-refractivity contribution in [3.8, 4) is 17.0 Å². The smallest absolute Gasteiger partial charge is 0.228 e. The van der Waals surface area contributed by atoms with Crippen molar-refractivity contribution in [2.24, 2.45) is 0 Å². The number of nitrogen functional groups attached to an aromatic ring is 1. The van der Waals surface area contributed by atoms with Gasteiger partial charge >= 0.3 is 0 Å². The number of halogens is 1. The molecule has 8 nitrogen and oxygen atoms in total. The molecule has 2 N–H and O–H groups in total. The highest BCUT2D eigenvalue weighted by atomic mass is 19.1. The number of nitrogens with two attached hydrogens (primary N) is 1. The van der Waals surface area contributed by atoms with E-state index in [1.165, 1.54) is 12.1 Å². The van der Waals surface area contributed by atoms with Gasteiger partial charge < -0.3 is 15.4 Å². The van der Waals surface area contributed by atoms with Gasteiger partial charge in [0.25, 0.3) is 0 Å². The van der Waals surface area contributed by atoms with Crippen molar-refractivity contribution in [1.29, 1.82) is 0 Å². The Balaban J connectivity index is 1.24. The lowest BCUT2D eigenvalue weighted by atomic mass is 10.1. The normalized spacial score (nSPS) is 14.1. The first-order chi connectivity index (χ1) is 19.1. The summed E-state index contributed by atoms with van der Waals surface area (Å²) in [7, 11) is 0. The predicted octanol–water partition coefficient (Wildman–Crippen LogP) is 4.46. The summed E-state index contributed by atoms with van der Waals surface area (Å²) in [6, 6.07) is 26.2. The number of fused-ring (bicyclic) bond motifs is 1. The van der Waals surface area contributed by atoms with E-state index in [2.05, 4.69) is 9.80 Å². The Hall–Kier alpha value is -4.50. The number of anilines is 2. The van der Waals surface area contributed by atoms with Gasteiger partial charge in [0.1, 0.15) is 24.0 Å². The fraction of sp³-hybridized carbons (Fsp3) is 0.233. The number of para-hydroxylation sites is 1. The maximum absolute atomic E-state index is 13.7. The van der Waals surface area contributed by atoms with E-state index in [0.29, 0.717) is 41.6 Å². The molecule has 0 amide bonds. The summed E-state index contributed by atoms with van der Waals surface area (Å²) in [5.41, 5.74) is 9.65. The second-order valence-corrected chi connectivity index (χ2v) is 9.60. The summed E-state index contributed by atoms with van der Waals surface area (Å²) in [5.74, 6) is 1.68. The molecule has 1 aliphatic rings. The van der Waals surface area contributed by atoms with Gasteiger partial charge in [-0.25, -0.2) is 14.1 Å². The summed E-state index contributed by atoms with van der Waals surface area (Å²) >= 11 is 0. The second kappa shape index (κ2) is 11.1. The summed E-state index contributed by atoms with van der Waals surface area (Å²) in [5, 5.41) is 5.44. The minimum Gasteiger partial charge on any atom is -0.492 e. The first-order valence-corrected chi connectivity index (χ1v) is 13.1. The summed E-state index contributed by atoms with van der Waals surface area (Å²) in [4.78, 5) is 14.3. The maximum atomic E-state index is 13.7. The number of nitrogens with zero attached hydrogens (tertiary/aromatic N) is 6. The molecule has 0 unspecified atom stereocenters. The third-order valence-electron chi connectivity index (χ3n) is 7.00. The van der Waals surface area contributed by atoms with Crippen LogP contribution in [0.1, 0.15) is 5.56 Å². The van der Waals surface area contributed by atoms with Crippen LogP contribution in [0.25, 0.3) is 22.3 Å². The minimum atomic E-state index is -0.301. The van der Waals surface area contributed by atoms with Crippen molar-refractivity contribution in [3.63, 3.8) is 0 Å². The Kier molecular flexibility index (Phi) is 7.05. The van der Waals surface area contributed by atoms with Crippen molar-refractivity contribution >= 4 is 22.8 Å². The van der Waals surface area contributed by atoms with Gasteiger partial charge in [-0.1, -0.05) is 48.5 Å². The van der Waals surface area contributed by atoms with Gasteiger partial charge in [0.2, 0.25) is 5.95 Å². The average molecular weight is 524 g/mol. The van der Waals surface area contributed by atoms with Gasteiger partial charge in [-0.05, 0) is 42.0 Å². The zero-order valence-corrected chi connectivity index (χ0v) is 21.6. The van der Waals surface area contributed by atoms with Crippen molar-refractivity contribution in [2.75, 3.05) is 50.0 Å². The van der Waals surface area contributed by atoms with E-state index < -0.39 is 0 Å². The predicted molar refractivity (Wildman–Crippen MR) is 151 cm³/mol. The summed E-state index contributed by atoms with van der Waals surface area (Å²) in [6.07, 6.45) is 0. The molecule has 2 aromatic heterocycles. The molecule has 0 radical (unpaired) electrons. The molecular formula is C30H30FN7O. The number of ether oxygens (including phenoxy) is 1. The highest BCUT2D eigenvalue weighted by Gasteiger charge is 2.24. The van der Waals surface area contributed by atoms with Gasteiger partial charge in [-0.15, -0.1) is 5.10 Å². The van der Waals surface area contributed by atoms with E-state index in [1.807, 2.05) is 60.7 Å². The zero-order chi connectivity index (χ0) is 26.6. The third-order valence-corrected chi connectivity index (χ3v) is 7.00. The summed E-state index contributed by atoms with van der Waals surface area (Å²) in [6.45, 7) is 5.31. The van der Waals surface area contributed by atoms with Crippen LogP contribution in [-0.2, 0) is 6.54 Å². The van der Waals surface area contributed by atoms with Gasteiger partial charge in [-0.3, -0.25) is 4.90 Å². The molecule has 0 aliphatic carbocycles. The lowest BCUT2D eigenvalue weighted by Gasteiger charge is -2.34. The Morgan fingerprint density at radius 2 is 1.51 bits per heavy atom. The highest BCUT2D eigenvalue weighted by Crippen LogP contribution is 2.33. The number of benzene rings is 3.